The third-order valence-electron chi connectivity index (χ3n) is 5.39. The first-order valence-corrected chi connectivity index (χ1v) is 10.8. The Morgan fingerprint density at radius 3 is 2.26 bits per heavy atom. The molecule has 2 amide bonds. The highest BCUT2D eigenvalue weighted by Crippen LogP contribution is 2.32. The van der Waals surface area contributed by atoms with Gasteiger partial charge in [0.15, 0.2) is 0 Å². The molecule has 0 unspecified atom stereocenters. The Balaban J connectivity index is 1.36. The molecule has 0 bridgehead atoms. The zero-order chi connectivity index (χ0) is 22.0. The molecule has 2 aromatic rings. The molecule has 31 heavy (non-hydrogen) atoms. The number of benzene rings is 2. The van der Waals surface area contributed by atoms with Gasteiger partial charge < -0.3 is 4.90 Å². The largest absolute Gasteiger partial charge is 0.369 e. The van der Waals surface area contributed by atoms with Crippen molar-refractivity contribution in [2.45, 2.75) is 6.92 Å². The van der Waals surface area contributed by atoms with Crippen LogP contribution in [0.15, 0.2) is 53.4 Å². The second kappa shape index (κ2) is 8.91. The Kier molecular flexibility index (Phi) is 6.06. The molecule has 4 rings (SSSR count). The molecule has 0 spiro atoms. The number of amides is 2. The molecule has 0 radical (unpaired) electrons. The number of aryl methyl sites for hydroxylation is 1. The minimum Gasteiger partial charge on any atom is -0.369 e. The lowest BCUT2D eigenvalue weighted by Gasteiger charge is -2.37. The molecule has 0 atom stereocenters. The number of hydrogen-bond acceptors (Lipinski definition) is 7. The number of hydrogen-bond donors (Lipinski definition) is 0. The fraction of sp³-hybridized carbons (Fsp3) is 0.273. The summed E-state index contributed by atoms with van der Waals surface area (Å²) in [6.07, 6.45) is 1.60. The summed E-state index contributed by atoms with van der Waals surface area (Å²) < 4.78 is 0. The second-order valence-electron chi connectivity index (χ2n) is 7.54. The number of nitrogens with zero attached hydrogens (tertiary/aromatic N) is 4. The Bertz CT molecular complexity index is 1030. The lowest BCUT2D eigenvalue weighted by Crippen LogP contribution is -2.50. The summed E-state index contributed by atoms with van der Waals surface area (Å²) >= 11 is 0.902. The summed E-state index contributed by atoms with van der Waals surface area (Å²) in [5, 5.41) is 10.5. The van der Waals surface area contributed by atoms with Crippen molar-refractivity contribution < 1.29 is 14.5 Å². The summed E-state index contributed by atoms with van der Waals surface area (Å²) in [6, 6.07) is 14.3. The number of carbonyl (C=O) groups excluding carboxylic acids is 2. The van der Waals surface area contributed by atoms with E-state index in [0.717, 1.165) is 37.9 Å². The SMILES string of the molecule is Cc1ccc(N2CCN(CN3C(=O)SC(=Cc4ccc([N+](=O)[O-])cc4)C3=O)CC2)cc1. The van der Waals surface area contributed by atoms with Gasteiger partial charge in [-0.1, -0.05) is 17.7 Å². The fourth-order valence-corrected chi connectivity index (χ4v) is 4.40. The minimum atomic E-state index is -0.476. The molecule has 0 aliphatic carbocycles. The van der Waals surface area contributed by atoms with Crippen LogP contribution in [0.4, 0.5) is 16.2 Å². The van der Waals surface area contributed by atoms with Gasteiger partial charge in [-0.25, -0.2) is 0 Å². The Morgan fingerprint density at radius 1 is 1.00 bits per heavy atom. The summed E-state index contributed by atoms with van der Waals surface area (Å²) in [4.78, 5) is 41.5. The van der Waals surface area contributed by atoms with E-state index in [1.165, 1.54) is 28.3 Å². The maximum absolute atomic E-state index is 12.8. The average molecular weight is 439 g/mol. The van der Waals surface area contributed by atoms with Crippen LogP contribution in [0.2, 0.25) is 0 Å². The van der Waals surface area contributed by atoms with E-state index in [0.29, 0.717) is 10.5 Å². The van der Waals surface area contributed by atoms with Crippen molar-refractivity contribution in [3.8, 4) is 0 Å². The molecule has 2 aromatic carbocycles. The maximum atomic E-state index is 12.8. The van der Waals surface area contributed by atoms with Crippen molar-refractivity contribution in [1.29, 1.82) is 0 Å². The van der Waals surface area contributed by atoms with Crippen LogP contribution in [0.1, 0.15) is 11.1 Å². The van der Waals surface area contributed by atoms with Crippen LogP contribution in [0.25, 0.3) is 6.08 Å². The Labute approximate surface area is 184 Å². The highest BCUT2D eigenvalue weighted by Gasteiger charge is 2.36. The van der Waals surface area contributed by atoms with Crippen molar-refractivity contribution in [1.82, 2.24) is 9.80 Å². The summed E-state index contributed by atoms with van der Waals surface area (Å²) in [5.41, 5.74) is 3.03. The minimum absolute atomic E-state index is 0.0185. The van der Waals surface area contributed by atoms with Crippen LogP contribution in [0.5, 0.6) is 0 Å². The molecule has 0 saturated carbocycles. The number of nitro groups is 1. The third kappa shape index (κ3) is 4.78. The van der Waals surface area contributed by atoms with Crippen molar-refractivity contribution in [3.05, 3.63) is 74.7 Å². The molecule has 2 heterocycles. The van der Waals surface area contributed by atoms with Gasteiger partial charge >= 0.3 is 0 Å². The molecular weight excluding hydrogens is 416 g/mol. The van der Waals surface area contributed by atoms with Gasteiger partial charge in [0.25, 0.3) is 16.8 Å². The summed E-state index contributed by atoms with van der Waals surface area (Å²) in [5.74, 6) is -0.325. The van der Waals surface area contributed by atoms with Crippen LogP contribution in [0, 0.1) is 17.0 Å². The van der Waals surface area contributed by atoms with Gasteiger partial charge in [0, 0.05) is 44.0 Å². The maximum Gasteiger partial charge on any atom is 0.294 e. The number of non-ortho nitro benzene ring substituents is 1. The third-order valence-corrected chi connectivity index (χ3v) is 6.30. The zero-order valence-corrected chi connectivity index (χ0v) is 17.9. The highest BCUT2D eigenvalue weighted by atomic mass is 32.2. The van der Waals surface area contributed by atoms with E-state index >= 15 is 0 Å². The van der Waals surface area contributed by atoms with Crippen LogP contribution in [0.3, 0.4) is 0 Å². The van der Waals surface area contributed by atoms with E-state index in [1.807, 2.05) is 0 Å². The van der Waals surface area contributed by atoms with Crippen molar-refractivity contribution in [3.63, 3.8) is 0 Å². The summed E-state index contributed by atoms with van der Waals surface area (Å²) in [6.45, 7) is 5.52. The Morgan fingerprint density at radius 2 is 1.65 bits per heavy atom. The first-order chi connectivity index (χ1) is 14.9. The smallest absolute Gasteiger partial charge is 0.294 e. The normalized spacial score (nSPS) is 18.8. The quantitative estimate of drug-likeness (QED) is 0.399. The molecule has 8 nitrogen and oxygen atoms in total. The lowest BCUT2D eigenvalue weighted by atomic mass is 10.2. The van der Waals surface area contributed by atoms with Gasteiger partial charge in [0.1, 0.15) is 0 Å². The van der Waals surface area contributed by atoms with Gasteiger partial charge in [0.2, 0.25) is 0 Å². The Hall–Kier alpha value is -3.17. The molecule has 0 N–H and O–H groups in total. The first kappa shape index (κ1) is 21.1. The standard InChI is InChI=1S/C22H22N4O4S/c1-16-2-6-18(7-3-16)24-12-10-23(11-13-24)15-25-21(27)20(31-22(25)28)14-17-4-8-19(9-5-17)26(29)30/h2-9,14H,10-13,15H2,1H3. The number of carbonyl (C=O) groups is 2. The first-order valence-electron chi connectivity index (χ1n) is 9.94. The van der Waals surface area contributed by atoms with Crippen LogP contribution in [-0.4, -0.2) is 58.7 Å². The monoisotopic (exact) mass is 438 g/mol. The average Bonchev–Trinajstić information content (AvgIpc) is 3.02. The van der Waals surface area contributed by atoms with Crippen molar-refractivity contribution in [2.75, 3.05) is 37.7 Å². The van der Waals surface area contributed by atoms with Crippen LogP contribution < -0.4 is 4.90 Å². The van der Waals surface area contributed by atoms with E-state index in [2.05, 4.69) is 41.0 Å². The van der Waals surface area contributed by atoms with Crippen molar-refractivity contribution in [2.24, 2.45) is 0 Å². The second-order valence-corrected chi connectivity index (χ2v) is 8.53. The summed E-state index contributed by atoms with van der Waals surface area (Å²) in [7, 11) is 0. The van der Waals surface area contributed by atoms with Gasteiger partial charge in [-0.3, -0.25) is 29.5 Å². The van der Waals surface area contributed by atoms with Crippen LogP contribution >= 0.6 is 11.8 Å². The van der Waals surface area contributed by atoms with Gasteiger partial charge in [0.05, 0.1) is 16.5 Å². The predicted octanol–water partition coefficient (Wildman–Crippen LogP) is 3.72. The van der Waals surface area contributed by atoms with Crippen LogP contribution in [-0.2, 0) is 4.79 Å². The fourth-order valence-electron chi connectivity index (χ4n) is 3.57. The number of piperazine rings is 1. The topological polar surface area (TPSA) is 87.0 Å². The molecule has 160 valence electrons. The molecule has 0 aromatic heterocycles. The number of nitro benzene ring substituents is 1. The predicted molar refractivity (Wildman–Crippen MR) is 121 cm³/mol. The highest BCUT2D eigenvalue weighted by molar-refractivity contribution is 8.18. The molecule has 2 aliphatic heterocycles. The number of rotatable bonds is 5. The van der Waals surface area contributed by atoms with E-state index in [4.69, 9.17) is 0 Å². The number of imide groups is 1. The van der Waals surface area contributed by atoms with E-state index in [-0.39, 0.29) is 23.5 Å². The number of thioether (sulfide) groups is 1. The van der Waals surface area contributed by atoms with E-state index in [9.17, 15) is 19.7 Å². The van der Waals surface area contributed by atoms with Gasteiger partial charge in [-0.2, -0.15) is 0 Å². The lowest BCUT2D eigenvalue weighted by molar-refractivity contribution is -0.384. The number of anilines is 1. The molecule has 2 fully saturated rings. The zero-order valence-electron chi connectivity index (χ0n) is 17.1. The molecule has 2 aliphatic rings. The van der Waals surface area contributed by atoms with Gasteiger partial charge in [-0.15, -0.1) is 0 Å². The van der Waals surface area contributed by atoms with Gasteiger partial charge in [-0.05, 0) is 54.6 Å². The van der Waals surface area contributed by atoms with E-state index < -0.39 is 4.92 Å². The molecule has 9 heteroatoms. The molecule has 2 saturated heterocycles. The molecular formula is C22H22N4O4S. The van der Waals surface area contributed by atoms with Crippen molar-refractivity contribution >= 4 is 40.4 Å². The van der Waals surface area contributed by atoms with E-state index in [1.54, 1.807) is 18.2 Å².